The molecule has 0 aromatic carbocycles. The van der Waals surface area contributed by atoms with E-state index in [1.807, 2.05) is 0 Å². The van der Waals surface area contributed by atoms with Crippen molar-refractivity contribution < 1.29 is 23.9 Å². The summed E-state index contributed by atoms with van der Waals surface area (Å²) in [5.41, 5.74) is -0.0532. The van der Waals surface area contributed by atoms with Crippen LogP contribution in [0.2, 0.25) is 0 Å². The van der Waals surface area contributed by atoms with Crippen LogP contribution in [0.3, 0.4) is 0 Å². The predicted molar refractivity (Wildman–Crippen MR) is 66.2 cm³/mol. The van der Waals surface area contributed by atoms with E-state index in [4.69, 9.17) is 9.52 Å². The maximum Gasteiger partial charge on any atom is 0.338 e. The third-order valence-electron chi connectivity index (χ3n) is 3.92. The molecule has 20 heavy (non-hydrogen) atoms. The van der Waals surface area contributed by atoms with Crippen molar-refractivity contribution in [3.63, 3.8) is 0 Å². The van der Waals surface area contributed by atoms with Crippen LogP contribution in [0, 0.1) is 5.92 Å². The average molecular weight is 278 g/mol. The van der Waals surface area contributed by atoms with E-state index in [9.17, 15) is 14.4 Å². The Hall–Kier alpha value is -2.31. The molecule has 7 heteroatoms. The van der Waals surface area contributed by atoms with Gasteiger partial charge in [0, 0.05) is 19.2 Å². The van der Waals surface area contributed by atoms with Crippen molar-refractivity contribution in [3.05, 3.63) is 23.7 Å². The summed E-state index contributed by atoms with van der Waals surface area (Å²) in [4.78, 5) is 36.4. The van der Waals surface area contributed by atoms with Crippen molar-refractivity contribution >= 4 is 17.8 Å². The zero-order valence-corrected chi connectivity index (χ0v) is 10.7. The van der Waals surface area contributed by atoms with Crippen LogP contribution in [-0.4, -0.2) is 46.9 Å². The fourth-order valence-electron chi connectivity index (χ4n) is 2.91. The molecule has 0 spiro atoms. The van der Waals surface area contributed by atoms with Gasteiger partial charge in [-0.3, -0.25) is 9.59 Å². The molecule has 1 aromatic rings. The van der Waals surface area contributed by atoms with Crippen LogP contribution in [0.5, 0.6) is 0 Å². The van der Waals surface area contributed by atoms with Gasteiger partial charge < -0.3 is 19.7 Å². The number of nitrogens with zero attached hydrogens (tertiary/aromatic N) is 1. The Labute approximate surface area is 114 Å². The number of nitrogens with one attached hydrogen (secondary N) is 1. The van der Waals surface area contributed by atoms with Gasteiger partial charge >= 0.3 is 5.97 Å². The predicted octanol–water partition coefficient (Wildman–Crippen LogP) is 0.328. The lowest BCUT2D eigenvalue weighted by Gasteiger charge is -2.35. The maximum atomic E-state index is 12.4. The van der Waals surface area contributed by atoms with Crippen molar-refractivity contribution in [2.75, 3.05) is 13.1 Å². The highest BCUT2D eigenvalue weighted by Crippen LogP contribution is 2.28. The van der Waals surface area contributed by atoms with Crippen LogP contribution in [0.25, 0.3) is 0 Å². The average Bonchev–Trinajstić information content (AvgIpc) is 3.05. The Morgan fingerprint density at radius 2 is 2.25 bits per heavy atom. The summed E-state index contributed by atoms with van der Waals surface area (Å²) in [5, 5.41) is 11.6. The van der Waals surface area contributed by atoms with Crippen LogP contribution >= 0.6 is 0 Å². The number of aromatic carboxylic acids is 1. The second kappa shape index (κ2) is 4.66. The van der Waals surface area contributed by atoms with E-state index in [1.165, 1.54) is 6.07 Å². The minimum Gasteiger partial charge on any atom is -0.478 e. The zero-order valence-electron chi connectivity index (χ0n) is 10.7. The normalized spacial score (nSPS) is 25.2. The highest BCUT2D eigenvalue weighted by molar-refractivity contribution is 5.96. The van der Waals surface area contributed by atoms with Crippen molar-refractivity contribution in [2.24, 2.45) is 5.92 Å². The van der Waals surface area contributed by atoms with Crippen LogP contribution in [0.1, 0.15) is 33.8 Å². The summed E-state index contributed by atoms with van der Waals surface area (Å²) < 4.78 is 5.04. The molecule has 2 atom stereocenters. The number of carboxylic acid groups (broad SMARTS) is 1. The van der Waals surface area contributed by atoms with Crippen molar-refractivity contribution in [2.45, 2.75) is 18.9 Å². The molecular formula is C13H14N2O5. The quantitative estimate of drug-likeness (QED) is 0.812. The SMILES string of the molecule is O=C(O)c1coc(C(=O)N2CCCC3C(=O)NCC32)c1. The van der Waals surface area contributed by atoms with Crippen LogP contribution in [0.4, 0.5) is 0 Å². The molecule has 2 amide bonds. The number of carbonyl (C=O) groups excluding carboxylic acids is 2. The summed E-state index contributed by atoms with van der Waals surface area (Å²) in [7, 11) is 0. The Morgan fingerprint density at radius 1 is 1.45 bits per heavy atom. The topological polar surface area (TPSA) is 99.8 Å². The van der Waals surface area contributed by atoms with Gasteiger partial charge in [0.25, 0.3) is 5.91 Å². The molecule has 2 N–H and O–H groups in total. The van der Waals surface area contributed by atoms with Gasteiger partial charge in [-0.2, -0.15) is 0 Å². The summed E-state index contributed by atoms with van der Waals surface area (Å²) in [6.45, 7) is 1.000. The molecule has 2 saturated heterocycles. The van der Waals surface area contributed by atoms with E-state index in [2.05, 4.69) is 5.32 Å². The molecule has 0 aliphatic carbocycles. The van der Waals surface area contributed by atoms with E-state index >= 15 is 0 Å². The maximum absolute atomic E-state index is 12.4. The number of hydrogen-bond donors (Lipinski definition) is 2. The minimum atomic E-state index is -1.14. The molecule has 3 rings (SSSR count). The number of amides is 2. The number of furan rings is 1. The third-order valence-corrected chi connectivity index (χ3v) is 3.92. The summed E-state index contributed by atoms with van der Waals surface area (Å²) >= 11 is 0. The fraction of sp³-hybridized carbons (Fsp3) is 0.462. The fourth-order valence-corrected chi connectivity index (χ4v) is 2.91. The van der Waals surface area contributed by atoms with E-state index in [-0.39, 0.29) is 35.1 Å². The van der Waals surface area contributed by atoms with Gasteiger partial charge in [0.2, 0.25) is 5.91 Å². The Kier molecular flexibility index (Phi) is 2.96. The van der Waals surface area contributed by atoms with Gasteiger partial charge in [-0.1, -0.05) is 0 Å². The lowest BCUT2D eigenvalue weighted by atomic mass is 9.91. The minimum absolute atomic E-state index is 0.00222. The highest BCUT2D eigenvalue weighted by atomic mass is 16.4. The smallest absolute Gasteiger partial charge is 0.338 e. The van der Waals surface area contributed by atoms with Crippen LogP contribution in [0.15, 0.2) is 16.7 Å². The molecule has 2 aliphatic rings. The molecule has 2 aliphatic heterocycles. The molecule has 0 bridgehead atoms. The zero-order chi connectivity index (χ0) is 14.3. The summed E-state index contributed by atoms with van der Waals surface area (Å²) in [5.74, 6) is -1.67. The van der Waals surface area contributed by atoms with E-state index < -0.39 is 5.97 Å². The standard InChI is InChI=1S/C13H14N2O5/c16-11-8-2-1-3-15(9(8)5-14-11)12(17)10-4-7(6-20-10)13(18)19/h4,6,8-9H,1-3,5H2,(H,14,16)(H,18,19). The summed E-state index contributed by atoms with van der Waals surface area (Å²) in [6, 6.07) is 1.06. The number of fused-ring (bicyclic) bond motifs is 1. The molecule has 0 radical (unpaired) electrons. The molecule has 2 fully saturated rings. The number of carboxylic acids is 1. The van der Waals surface area contributed by atoms with Gasteiger partial charge in [0.1, 0.15) is 6.26 Å². The second-order valence-electron chi connectivity index (χ2n) is 5.06. The van der Waals surface area contributed by atoms with E-state index in [0.29, 0.717) is 13.1 Å². The van der Waals surface area contributed by atoms with Gasteiger partial charge in [-0.05, 0) is 12.8 Å². The molecular weight excluding hydrogens is 264 g/mol. The number of piperidine rings is 1. The number of likely N-dealkylation sites (tertiary alicyclic amines) is 1. The number of carbonyl (C=O) groups is 3. The van der Waals surface area contributed by atoms with Crippen LogP contribution < -0.4 is 5.32 Å². The van der Waals surface area contributed by atoms with Gasteiger partial charge in [-0.25, -0.2) is 4.79 Å². The lowest BCUT2D eigenvalue weighted by Crippen LogP contribution is -2.48. The van der Waals surface area contributed by atoms with Crippen molar-refractivity contribution in [1.82, 2.24) is 10.2 Å². The first-order chi connectivity index (χ1) is 9.58. The van der Waals surface area contributed by atoms with Gasteiger partial charge in [0.15, 0.2) is 5.76 Å². The van der Waals surface area contributed by atoms with Gasteiger partial charge in [0.05, 0.1) is 17.5 Å². The molecule has 0 saturated carbocycles. The molecule has 3 heterocycles. The van der Waals surface area contributed by atoms with Crippen molar-refractivity contribution in [1.29, 1.82) is 0 Å². The Bertz CT molecular complexity index is 579. The summed E-state index contributed by atoms with van der Waals surface area (Å²) in [6.07, 6.45) is 2.58. The number of rotatable bonds is 2. The highest BCUT2D eigenvalue weighted by Gasteiger charge is 2.43. The van der Waals surface area contributed by atoms with Gasteiger partial charge in [-0.15, -0.1) is 0 Å². The molecule has 106 valence electrons. The first kappa shape index (κ1) is 12.7. The second-order valence-corrected chi connectivity index (χ2v) is 5.06. The Balaban J connectivity index is 1.82. The van der Waals surface area contributed by atoms with Crippen LogP contribution in [-0.2, 0) is 4.79 Å². The molecule has 1 aromatic heterocycles. The number of hydrogen-bond acceptors (Lipinski definition) is 4. The Morgan fingerprint density at radius 3 is 2.95 bits per heavy atom. The molecule has 7 nitrogen and oxygen atoms in total. The van der Waals surface area contributed by atoms with Crippen molar-refractivity contribution in [3.8, 4) is 0 Å². The first-order valence-electron chi connectivity index (χ1n) is 6.48. The van der Waals surface area contributed by atoms with E-state index in [0.717, 1.165) is 19.1 Å². The lowest BCUT2D eigenvalue weighted by molar-refractivity contribution is -0.123. The van der Waals surface area contributed by atoms with E-state index in [1.54, 1.807) is 4.90 Å². The first-order valence-corrected chi connectivity index (χ1v) is 6.48. The molecule has 2 unspecified atom stereocenters. The largest absolute Gasteiger partial charge is 0.478 e. The third kappa shape index (κ3) is 1.95. The monoisotopic (exact) mass is 278 g/mol.